The zero-order valence-electron chi connectivity index (χ0n) is 18.5. The predicted octanol–water partition coefficient (Wildman–Crippen LogP) is 8.31. The second kappa shape index (κ2) is 7.54. The molecule has 5 heteroatoms. The highest BCUT2D eigenvalue weighted by Crippen LogP contribution is 2.43. The van der Waals surface area contributed by atoms with Gasteiger partial charge >= 0.3 is 0 Å². The molecule has 0 radical (unpaired) electrons. The van der Waals surface area contributed by atoms with Crippen LogP contribution in [0.1, 0.15) is 0 Å². The molecule has 1 heterocycles. The first-order valence-electron chi connectivity index (χ1n) is 11.4. The normalized spacial score (nSPS) is 12.2. The molecule has 0 aliphatic rings. The Hall–Kier alpha value is -3.93. The molecule has 1 aromatic heterocycles. The molecule has 0 saturated carbocycles. The molecule has 0 atom stereocenters. The van der Waals surface area contributed by atoms with Gasteiger partial charge in [-0.2, -0.15) is 0 Å². The van der Waals surface area contributed by atoms with Gasteiger partial charge in [-0.3, -0.25) is 4.72 Å². The van der Waals surface area contributed by atoms with E-state index in [4.69, 9.17) is 0 Å². The SMILES string of the molecule is O=S(=O)(Nc1cccc2ccccc12)c1cc2sc3c4ccccc4ccc3c2c2ccccc12. The van der Waals surface area contributed by atoms with Crippen LogP contribution in [0.3, 0.4) is 0 Å². The fraction of sp³-hybridized carbons (Fsp3) is 0. The van der Waals surface area contributed by atoms with Gasteiger partial charge < -0.3 is 0 Å². The Labute approximate surface area is 206 Å². The van der Waals surface area contributed by atoms with Crippen LogP contribution >= 0.6 is 11.3 Å². The van der Waals surface area contributed by atoms with Crippen molar-refractivity contribution in [2.75, 3.05) is 4.72 Å². The fourth-order valence-electron chi connectivity index (χ4n) is 5.07. The molecule has 35 heavy (non-hydrogen) atoms. The lowest BCUT2D eigenvalue weighted by Crippen LogP contribution is -2.13. The lowest BCUT2D eigenvalue weighted by Gasteiger charge is -2.13. The summed E-state index contributed by atoms with van der Waals surface area (Å²) in [5.74, 6) is 0. The maximum Gasteiger partial charge on any atom is 0.262 e. The molecule has 7 rings (SSSR count). The van der Waals surface area contributed by atoms with Crippen LogP contribution in [0.4, 0.5) is 5.69 Å². The van der Waals surface area contributed by atoms with Crippen LogP contribution < -0.4 is 4.72 Å². The maximum atomic E-state index is 13.8. The third-order valence-electron chi connectivity index (χ3n) is 6.65. The topological polar surface area (TPSA) is 46.2 Å². The first kappa shape index (κ1) is 20.4. The van der Waals surface area contributed by atoms with E-state index in [9.17, 15) is 8.42 Å². The summed E-state index contributed by atoms with van der Waals surface area (Å²) in [6, 6.07) is 35.7. The number of thiophene rings is 1. The number of fused-ring (bicyclic) bond motifs is 8. The minimum atomic E-state index is -3.85. The Morgan fingerprint density at radius 1 is 0.571 bits per heavy atom. The van der Waals surface area contributed by atoms with Crippen molar-refractivity contribution < 1.29 is 8.42 Å². The lowest BCUT2D eigenvalue weighted by atomic mass is 10.0. The first-order valence-corrected chi connectivity index (χ1v) is 13.7. The van der Waals surface area contributed by atoms with E-state index in [1.165, 1.54) is 15.5 Å². The average Bonchev–Trinajstić information content (AvgIpc) is 3.28. The van der Waals surface area contributed by atoms with E-state index in [1.807, 2.05) is 84.9 Å². The minimum Gasteiger partial charge on any atom is -0.279 e. The summed E-state index contributed by atoms with van der Waals surface area (Å²) < 4.78 is 32.7. The van der Waals surface area contributed by atoms with Gasteiger partial charge in [-0.25, -0.2) is 8.42 Å². The van der Waals surface area contributed by atoms with Crippen molar-refractivity contribution in [1.29, 1.82) is 0 Å². The highest BCUT2D eigenvalue weighted by molar-refractivity contribution is 7.93. The van der Waals surface area contributed by atoms with Gasteiger partial charge in [0.25, 0.3) is 10.0 Å². The van der Waals surface area contributed by atoms with Crippen molar-refractivity contribution in [2.24, 2.45) is 0 Å². The van der Waals surface area contributed by atoms with Gasteiger partial charge in [0, 0.05) is 30.9 Å². The summed E-state index contributed by atoms with van der Waals surface area (Å²) in [5.41, 5.74) is 0.578. The molecule has 0 saturated heterocycles. The number of nitrogens with one attached hydrogen (secondary N) is 1. The van der Waals surface area contributed by atoms with Gasteiger partial charge in [0.05, 0.1) is 10.6 Å². The lowest BCUT2D eigenvalue weighted by molar-refractivity contribution is 0.602. The third kappa shape index (κ3) is 3.13. The zero-order valence-corrected chi connectivity index (χ0v) is 20.2. The van der Waals surface area contributed by atoms with Gasteiger partial charge in [-0.05, 0) is 33.7 Å². The molecule has 168 valence electrons. The smallest absolute Gasteiger partial charge is 0.262 e. The number of rotatable bonds is 3. The van der Waals surface area contributed by atoms with Crippen LogP contribution in [0.15, 0.2) is 114 Å². The molecule has 0 amide bonds. The number of hydrogen-bond acceptors (Lipinski definition) is 3. The maximum absolute atomic E-state index is 13.8. The monoisotopic (exact) mass is 489 g/mol. The van der Waals surface area contributed by atoms with Crippen LogP contribution in [-0.4, -0.2) is 8.42 Å². The van der Waals surface area contributed by atoms with Crippen molar-refractivity contribution in [2.45, 2.75) is 4.90 Å². The van der Waals surface area contributed by atoms with E-state index in [-0.39, 0.29) is 0 Å². The molecule has 0 bridgehead atoms. The van der Waals surface area contributed by atoms with E-state index in [2.05, 4.69) is 29.0 Å². The summed E-state index contributed by atoms with van der Waals surface area (Å²) in [4.78, 5) is 0.296. The number of hydrogen-bond donors (Lipinski definition) is 1. The highest BCUT2D eigenvalue weighted by Gasteiger charge is 2.22. The molecule has 6 aromatic carbocycles. The quantitative estimate of drug-likeness (QED) is 0.271. The molecule has 0 unspecified atom stereocenters. The van der Waals surface area contributed by atoms with Gasteiger partial charge in [-0.1, -0.05) is 97.1 Å². The van der Waals surface area contributed by atoms with Gasteiger partial charge in [-0.15, -0.1) is 11.3 Å². The van der Waals surface area contributed by atoms with Crippen molar-refractivity contribution in [3.63, 3.8) is 0 Å². The Morgan fingerprint density at radius 2 is 1.20 bits per heavy atom. The minimum absolute atomic E-state index is 0.296. The van der Waals surface area contributed by atoms with E-state index >= 15 is 0 Å². The Morgan fingerprint density at radius 3 is 2.00 bits per heavy atom. The molecular weight excluding hydrogens is 470 g/mol. The second-order valence-corrected chi connectivity index (χ2v) is 11.4. The summed E-state index contributed by atoms with van der Waals surface area (Å²) in [6.45, 7) is 0. The van der Waals surface area contributed by atoms with Crippen molar-refractivity contribution in [3.05, 3.63) is 109 Å². The largest absolute Gasteiger partial charge is 0.279 e. The summed E-state index contributed by atoms with van der Waals surface area (Å²) in [5, 5.41) is 8.17. The molecule has 0 aliphatic carbocycles. The second-order valence-electron chi connectivity index (χ2n) is 8.69. The summed E-state index contributed by atoms with van der Waals surface area (Å²) >= 11 is 1.65. The van der Waals surface area contributed by atoms with Gasteiger partial charge in [0.1, 0.15) is 0 Å². The Bertz CT molecular complexity index is 2050. The molecular formula is C30H19NO2S2. The third-order valence-corrected chi connectivity index (χ3v) is 9.25. The predicted molar refractivity (Wildman–Crippen MR) is 149 cm³/mol. The van der Waals surface area contributed by atoms with Gasteiger partial charge in [0.2, 0.25) is 0 Å². The van der Waals surface area contributed by atoms with Crippen molar-refractivity contribution in [1.82, 2.24) is 0 Å². The molecule has 0 spiro atoms. The number of benzene rings is 6. The van der Waals surface area contributed by atoms with Crippen LogP contribution in [0.25, 0.3) is 52.5 Å². The van der Waals surface area contributed by atoms with Crippen LogP contribution in [-0.2, 0) is 10.0 Å². The Balaban J connectivity index is 1.51. The van der Waals surface area contributed by atoms with E-state index in [0.29, 0.717) is 10.6 Å². The Kier molecular flexibility index (Phi) is 4.40. The van der Waals surface area contributed by atoms with E-state index < -0.39 is 10.0 Å². The van der Waals surface area contributed by atoms with Gasteiger partial charge in [0.15, 0.2) is 0 Å². The highest BCUT2D eigenvalue weighted by atomic mass is 32.2. The molecule has 1 N–H and O–H groups in total. The standard InChI is InChI=1S/C30H19NO2S2/c32-35(33,31-26-15-7-10-19-8-1-3-11-21(19)26)28-18-27-29(24-14-6-5-13-23(24)28)25-17-16-20-9-2-4-12-22(20)30(25)34-27/h1-18,31H. The van der Waals surface area contributed by atoms with Crippen molar-refractivity contribution in [3.8, 4) is 0 Å². The summed E-state index contributed by atoms with van der Waals surface area (Å²) in [6.07, 6.45) is 0. The van der Waals surface area contributed by atoms with E-state index in [1.54, 1.807) is 11.3 Å². The van der Waals surface area contributed by atoms with Crippen LogP contribution in [0.2, 0.25) is 0 Å². The average molecular weight is 490 g/mol. The molecule has 0 fully saturated rings. The first-order chi connectivity index (χ1) is 17.1. The molecule has 7 aromatic rings. The summed E-state index contributed by atoms with van der Waals surface area (Å²) in [7, 11) is -3.85. The number of anilines is 1. The van der Waals surface area contributed by atoms with Crippen molar-refractivity contribution >= 4 is 79.5 Å². The zero-order chi connectivity index (χ0) is 23.6. The molecule has 0 aliphatic heterocycles. The number of sulfonamides is 1. The van der Waals surface area contributed by atoms with Crippen LogP contribution in [0, 0.1) is 0 Å². The van der Waals surface area contributed by atoms with Crippen LogP contribution in [0.5, 0.6) is 0 Å². The fourth-order valence-corrected chi connectivity index (χ4v) is 7.76. The van der Waals surface area contributed by atoms with E-state index in [0.717, 1.165) is 37.0 Å². The molecule has 3 nitrogen and oxygen atoms in total.